The van der Waals surface area contributed by atoms with Gasteiger partial charge in [0.2, 0.25) is 0 Å². The molecule has 138 valence electrons. The number of carbonyl (C=O) groups is 1. The van der Waals surface area contributed by atoms with E-state index in [2.05, 4.69) is 27.3 Å². The van der Waals surface area contributed by atoms with Gasteiger partial charge in [0.05, 0.1) is 5.56 Å². The SMILES string of the molecule is O=C(OCc1ccccc1)c1cc(Br)cc(CNCC2CCCCC2)c1. The van der Waals surface area contributed by atoms with Gasteiger partial charge in [-0.05, 0) is 54.6 Å². The highest BCUT2D eigenvalue weighted by Crippen LogP contribution is 2.23. The lowest BCUT2D eigenvalue weighted by Gasteiger charge is -2.21. The Bertz CT molecular complexity index is 711. The minimum atomic E-state index is -0.288. The van der Waals surface area contributed by atoms with Gasteiger partial charge in [-0.2, -0.15) is 0 Å². The maximum absolute atomic E-state index is 12.4. The molecular weight excluding hydrogens is 390 g/mol. The van der Waals surface area contributed by atoms with Gasteiger partial charge in [-0.15, -0.1) is 0 Å². The van der Waals surface area contributed by atoms with Crippen LogP contribution in [0.15, 0.2) is 53.0 Å². The monoisotopic (exact) mass is 415 g/mol. The molecular formula is C22H26BrNO2. The van der Waals surface area contributed by atoms with Crippen molar-refractivity contribution in [2.45, 2.75) is 45.3 Å². The molecule has 0 unspecified atom stereocenters. The van der Waals surface area contributed by atoms with E-state index in [-0.39, 0.29) is 5.97 Å². The number of ether oxygens (including phenoxy) is 1. The Morgan fingerprint density at radius 2 is 1.81 bits per heavy atom. The van der Waals surface area contributed by atoms with E-state index in [0.717, 1.165) is 34.6 Å². The van der Waals surface area contributed by atoms with Crippen molar-refractivity contribution >= 4 is 21.9 Å². The Labute approximate surface area is 164 Å². The molecule has 0 amide bonds. The lowest BCUT2D eigenvalue weighted by Crippen LogP contribution is -2.24. The molecule has 0 aliphatic heterocycles. The zero-order valence-electron chi connectivity index (χ0n) is 15.0. The van der Waals surface area contributed by atoms with E-state index in [9.17, 15) is 4.79 Å². The quantitative estimate of drug-likeness (QED) is 0.608. The average Bonchev–Trinajstić information content (AvgIpc) is 2.67. The van der Waals surface area contributed by atoms with Crippen molar-refractivity contribution in [2.75, 3.05) is 6.54 Å². The van der Waals surface area contributed by atoms with Crippen LogP contribution in [0.2, 0.25) is 0 Å². The molecule has 1 N–H and O–H groups in total. The van der Waals surface area contributed by atoms with Gasteiger partial charge in [0.25, 0.3) is 0 Å². The second-order valence-electron chi connectivity index (χ2n) is 7.04. The molecule has 0 bridgehead atoms. The Morgan fingerprint density at radius 3 is 2.58 bits per heavy atom. The van der Waals surface area contributed by atoms with Crippen LogP contribution in [0.3, 0.4) is 0 Å². The number of hydrogen-bond acceptors (Lipinski definition) is 3. The fraction of sp³-hybridized carbons (Fsp3) is 0.409. The van der Waals surface area contributed by atoms with Gasteiger partial charge in [0.1, 0.15) is 6.61 Å². The second-order valence-corrected chi connectivity index (χ2v) is 7.96. The predicted octanol–water partition coefficient (Wildman–Crippen LogP) is 5.48. The van der Waals surface area contributed by atoms with Crippen LogP contribution in [0.1, 0.15) is 53.6 Å². The summed E-state index contributed by atoms with van der Waals surface area (Å²) in [6.07, 6.45) is 6.78. The topological polar surface area (TPSA) is 38.3 Å². The van der Waals surface area contributed by atoms with Crippen LogP contribution in [0.25, 0.3) is 0 Å². The molecule has 1 aliphatic carbocycles. The number of nitrogens with one attached hydrogen (secondary N) is 1. The second kappa shape index (κ2) is 9.89. The summed E-state index contributed by atoms with van der Waals surface area (Å²) in [6.45, 7) is 2.12. The van der Waals surface area contributed by atoms with E-state index in [0.29, 0.717) is 12.2 Å². The molecule has 1 saturated carbocycles. The Balaban J connectivity index is 1.53. The lowest BCUT2D eigenvalue weighted by molar-refractivity contribution is 0.0472. The number of benzene rings is 2. The van der Waals surface area contributed by atoms with Crippen LogP contribution in [-0.2, 0) is 17.9 Å². The van der Waals surface area contributed by atoms with Crippen molar-refractivity contribution < 1.29 is 9.53 Å². The first-order valence-corrected chi connectivity index (χ1v) is 10.2. The minimum Gasteiger partial charge on any atom is -0.457 e. The number of rotatable bonds is 7. The van der Waals surface area contributed by atoms with E-state index >= 15 is 0 Å². The molecule has 26 heavy (non-hydrogen) atoms. The normalized spacial score (nSPS) is 15.0. The molecule has 3 nitrogen and oxygen atoms in total. The Hall–Kier alpha value is -1.65. The summed E-state index contributed by atoms with van der Waals surface area (Å²) in [6, 6.07) is 15.5. The van der Waals surface area contributed by atoms with Gasteiger partial charge < -0.3 is 10.1 Å². The highest BCUT2D eigenvalue weighted by molar-refractivity contribution is 9.10. The molecule has 0 saturated heterocycles. The first-order valence-electron chi connectivity index (χ1n) is 9.42. The molecule has 0 spiro atoms. The third kappa shape index (κ3) is 5.96. The number of hydrogen-bond donors (Lipinski definition) is 1. The molecule has 3 rings (SSSR count). The fourth-order valence-electron chi connectivity index (χ4n) is 3.49. The number of halogens is 1. The maximum atomic E-state index is 12.4. The maximum Gasteiger partial charge on any atom is 0.338 e. The van der Waals surface area contributed by atoms with Crippen molar-refractivity contribution in [3.05, 3.63) is 69.7 Å². The summed E-state index contributed by atoms with van der Waals surface area (Å²) < 4.78 is 6.35. The summed E-state index contributed by atoms with van der Waals surface area (Å²) in [5.74, 6) is 0.509. The lowest BCUT2D eigenvalue weighted by atomic mass is 9.89. The molecule has 0 radical (unpaired) electrons. The summed E-state index contributed by atoms with van der Waals surface area (Å²) in [7, 11) is 0. The van der Waals surface area contributed by atoms with Crippen molar-refractivity contribution in [2.24, 2.45) is 5.92 Å². The third-order valence-corrected chi connectivity index (χ3v) is 5.35. The Morgan fingerprint density at radius 1 is 1.04 bits per heavy atom. The van der Waals surface area contributed by atoms with Crippen molar-refractivity contribution in [3.8, 4) is 0 Å². The van der Waals surface area contributed by atoms with Gasteiger partial charge >= 0.3 is 5.97 Å². The van der Waals surface area contributed by atoms with E-state index < -0.39 is 0 Å². The molecule has 2 aromatic rings. The molecule has 2 aromatic carbocycles. The van der Waals surface area contributed by atoms with E-state index in [4.69, 9.17) is 4.74 Å². The zero-order chi connectivity index (χ0) is 18.2. The first-order chi connectivity index (χ1) is 12.7. The summed E-state index contributed by atoms with van der Waals surface area (Å²) in [5, 5.41) is 3.55. The van der Waals surface area contributed by atoms with Gasteiger partial charge in [0.15, 0.2) is 0 Å². The Kier molecular flexibility index (Phi) is 7.27. The fourth-order valence-corrected chi connectivity index (χ4v) is 4.03. The molecule has 0 heterocycles. The van der Waals surface area contributed by atoms with Crippen LogP contribution >= 0.6 is 15.9 Å². The van der Waals surface area contributed by atoms with Crippen LogP contribution < -0.4 is 5.32 Å². The minimum absolute atomic E-state index is 0.288. The van der Waals surface area contributed by atoms with E-state index in [1.807, 2.05) is 42.5 Å². The number of carbonyl (C=O) groups excluding carboxylic acids is 1. The predicted molar refractivity (Wildman–Crippen MR) is 108 cm³/mol. The van der Waals surface area contributed by atoms with Crippen molar-refractivity contribution in [3.63, 3.8) is 0 Å². The van der Waals surface area contributed by atoms with Gasteiger partial charge in [-0.25, -0.2) is 4.79 Å². The largest absolute Gasteiger partial charge is 0.457 e. The third-order valence-electron chi connectivity index (χ3n) is 4.89. The summed E-state index contributed by atoms with van der Waals surface area (Å²) in [5.41, 5.74) is 2.68. The van der Waals surface area contributed by atoms with Crippen LogP contribution in [-0.4, -0.2) is 12.5 Å². The van der Waals surface area contributed by atoms with Gasteiger partial charge in [0, 0.05) is 11.0 Å². The number of esters is 1. The van der Waals surface area contributed by atoms with Crippen LogP contribution in [0.4, 0.5) is 0 Å². The van der Waals surface area contributed by atoms with E-state index in [1.165, 1.54) is 32.1 Å². The molecule has 1 fully saturated rings. The average molecular weight is 416 g/mol. The standard InChI is InChI=1S/C22H26BrNO2/c23-21-12-19(15-24-14-17-7-3-1-4-8-17)11-20(13-21)22(25)26-16-18-9-5-2-6-10-18/h2,5-6,9-13,17,24H,1,3-4,7-8,14-16H2. The summed E-state index contributed by atoms with van der Waals surface area (Å²) in [4.78, 5) is 12.4. The first kappa shape index (κ1) is 19.1. The molecule has 0 atom stereocenters. The smallest absolute Gasteiger partial charge is 0.338 e. The van der Waals surface area contributed by atoms with Crippen molar-refractivity contribution in [1.82, 2.24) is 5.32 Å². The molecule has 1 aliphatic rings. The highest BCUT2D eigenvalue weighted by atomic mass is 79.9. The van der Waals surface area contributed by atoms with Crippen LogP contribution in [0.5, 0.6) is 0 Å². The molecule has 4 heteroatoms. The zero-order valence-corrected chi connectivity index (χ0v) is 16.6. The van der Waals surface area contributed by atoms with Gasteiger partial charge in [-0.3, -0.25) is 0 Å². The van der Waals surface area contributed by atoms with Crippen molar-refractivity contribution in [1.29, 1.82) is 0 Å². The van der Waals surface area contributed by atoms with Crippen LogP contribution in [0, 0.1) is 5.92 Å². The van der Waals surface area contributed by atoms with E-state index in [1.54, 1.807) is 0 Å². The highest BCUT2D eigenvalue weighted by Gasteiger charge is 2.13. The molecule has 0 aromatic heterocycles. The van der Waals surface area contributed by atoms with Gasteiger partial charge in [-0.1, -0.05) is 65.5 Å². The summed E-state index contributed by atoms with van der Waals surface area (Å²) >= 11 is 3.51.